The van der Waals surface area contributed by atoms with Crippen molar-refractivity contribution in [2.45, 2.75) is 33.7 Å². The Balaban J connectivity index is 2.15. The number of aromatic nitrogens is 1. The lowest BCUT2D eigenvalue weighted by molar-refractivity contribution is -0.141. The fourth-order valence-corrected chi connectivity index (χ4v) is 2.22. The lowest BCUT2D eigenvalue weighted by atomic mass is 9.92. The Morgan fingerprint density at radius 3 is 2.74 bits per heavy atom. The molecule has 2 rings (SSSR count). The summed E-state index contributed by atoms with van der Waals surface area (Å²) in [5.41, 5.74) is 0.333. The van der Waals surface area contributed by atoms with Gasteiger partial charge in [-0.05, 0) is 24.6 Å². The van der Waals surface area contributed by atoms with E-state index in [2.05, 4.69) is 10.3 Å². The second-order valence-electron chi connectivity index (χ2n) is 5.43. The van der Waals surface area contributed by atoms with Crippen molar-refractivity contribution in [1.29, 1.82) is 0 Å². The summed E-state index contributed by atoms with van der Waals surface area (Å²) in [6.07, 6.45) is 1.97. The third-order valence-corrected chi connectivity index (χ3v) is 3.24. The van der Waals surface area contributed by atoms with Crippen LogP contribution in [0.1, 0.15) is 32.8 Å². The van der Waals surface area contributed by atoms with Crippen LogP contribution in [-0.2, 0) is 16.1 Å². The molecule has 0 aliphatic carbocycles. The molecule has 0 aromatic carbocycles. The van der Waals surface area contributed by atoms with Crippen LogP contribution in [0.15, 0.2) is 18.3 Å². The Labute approximate surface area is 113 Å². The van der Waals surface area contributed by atoms with Crippen molar-refractivity contribution >= 4 is 17.6 Å². The molecule has 1 aromatic rings. The van der Waals surface area contributed by atoms with Gasteiger partial charge in [-0.15, -0.1) is 0 Å². The second kappa shape index (κ2) is 4.99. The van der Waals surface area contributed by atoms with Gasteiger partial charge in [-0.2, -0.15) is 0 Å². The molecule has 102 valence electrons. The van der Waals surface area contributed by atoms with E-state index in [0.717, 1.165) is 17.9 Å². The molecular weight excluding hydrogens is 242 g/mol. The Morgan fingerprint density at radius 2 is 2.16 bits per heavy atom. The number of pyridine rings is 1. The zero-order valence-electron chi connectivity index (χ0n) is 11.6. The second-order valence-corrected chi connectivity index (χ2v) is 5.43. The van der Waals surface area contributed by atoms with E-state index in [1.807, 2.05) is 32.9 Å². The van der Waals surface area contributed by atoms with E-state index in [-0.39, 0.29) is 18.2 Å². The van der Waals surface area contributed by atoms with Crippen molar-refractivity contribution in [2.24, 2.45) is 5.41 Å². The van der Waals surface area contributed by atoms with E-state index in [0.29, 0.717) is 6.54 Å². The summed E-state index contributed by atoms with van der Waals surface area (Å²) in [4.78, 5) is 29.5. The first-order valence-electron chi connectivity index (χ1n) is 6.47. The average molecular weight is 261 g/mol. The van der Waals surface area contributed by atoms with Crippen LogP contribution in [0.5, 0.6) is 0 Å². The molecule has 0 saturated carbocycles. The SMILES string of the molecule is CCNc1cc(CN2C(=O)CC(C)(C)C2=O)ccn1. The van der Waals surface area contributed by atoms with Crippen molar-refractivity contribution < 1.29 is 9.59 Å². The van der Waals surface area contributed by atoms with Crippen molar-refractivity contribution in [3.63, 3.8) is 0 Å². The minimum Gasteiger partial charge on any atom is -0.370 e. The van der Waals surface area contributed by atoms with Gasteiger partial charge in [0.25, 0.3) is 0 Å². The van der Waals surface area contributed by atoms with E-state index in [4.69, 9.17) is 0 Å². The van der Waals surface area contributed by atoms with Crippen LogP contribution in [0.2, 0.25) is 0 Å². The van der Waals surface area contributed by atoms with Gasteiger partial charge in [-0.25, -0.2) is 4.98 Å². The molecule has 1 aliphatic heterocycles. The third-order valence-electron chi connectivity index (χ3n) is 3.24. The summed E-state index contributed by atoms with van der Waals surface area (Å²) < 4.78 is 0. The molecule has 0 radical (unpaired) electrons. The Kier molecular flexibility index (Phi) is 3.55. The first-order valence-corrected chi connectivity index (χ1v) is 6.47. The Morgan fingerprint density at radius 1 is 1.42 bits per heavy atom. The van der Waals surface area contributed by atoms with Gasteiger partial charge in [0.05, 0.1) is 12.0 Å². The minimum absolute atomic E-state index is 0.0979. The lowest BCUT2D eigenvalue weighted by Crippen LogP contribution is -2.32. The first kappa shape index (κ1) is 13.5. The highest BCUT2D eigenvalue weighted by Crippen LogP contribution is 2.32. The van der Waals surface area contributed by atoms with Crippen LogP contribution in [-0.4, -0.2) is 28.2 Å². The smallest absolute Gasteiger partial charge is 0.235 e. The highest BCUT2D eigenvalue weighted by atomic mass is 16.2. The summed E-state index contributed by atoms with van der Waals surface area (Å²) >= 11 is 0. The molecule has 19 heavy (non-hydrogen) atoms. The van der Waals surface area contributed by atoms with Gasteiger partial charge in [0, 0.05) is 19.2 Å². The molecule has 1 N–H and O–H groups in total. The maximum Gasteiger partial charge on any atom is 0.235 e. The molecule has 1 saturated heterocycles. The van der Waals surface area contributed by atoms with Gasteiger partial charge in [0.15, 0.2) is 0 Å². The summed E-state index contributed by atoms with van der Waals surface area (Å²) in [5.74, 6) is 0.564. The maximum atomic E-state index is 12.1. The molecule has 2 heterocycles. The van der Waals surface area contributed by atoms with E-state index in [9.17, 15) is 9.59 Å². The fraction of sp³-hybridized carbons (Fsp3) is 0.500. The number of carbonyl (C=O) groups is 2. The number of anilines is 1. The Hall–Kier alpha value is -1.91. The molecule has 2 amide bonds. The van der Waals surface area contributed by atoms with Crippen molar-refractivity contribution in [1.82, 2.24) is 9.88 Å². The normalized spacial score (nSPS) is 17.9. The molecule has 1 aliphatic rings. The van der Waals surface area contributed by atoms with E-state index in [1.165, 1.54) is 4.90 Å². The molecule has 0 bridgehead atoms. The van der Waals surface area contributed by atoms with Crippen LogP contribution in [0.4, 0.5) is 5.82 Å². The number of hydrogen-bond donors (Lipinski definition) is 1. The third kappa shape index (κ3) is 2.75. The maximum absolute atomic E-state index is 12.1. The topological polar surface area (TPSA) is 62.3 Å². The number of amides is 2. The molecule has 0 spiro atoms. The number of nitrogens with zero attached hydrogens (tertiary/aromatic N) is 2. The average Bonchev–Trinajstić information content (AvgIpc) is 2.53. The lowest BCUT2D eigenvalue weighted by Gasteiger charge is -2.18. The first-order chi connectivity index (χ1) is 8.94. The number of carbonyl (C=O) groups excluding carboxylic acids is 2. The van der Waals surface area contributed by atoms with Gasteiger partial charge < -0.3 is 5.32 Å². The molecular formula is C14H19N3O2. The van der Waals surface area contributed by atoms with Crippen LogP contribution >= 0.6 is 0 Å². The summed E-state index contributed by atoms with van der Waals surface area (Å²) in [7, 11) is 0. The molecule has 5 heteroatoms. The molecule has 0 unspecified atom stereocenters. The van der Waals surface area contributed by atoms with Crippen LogP contribution in [0.3, 0.4) is 0 Å². The zero-order valence-corrected chi connectivity index (χ0v) is 11.6. The van der Waals surface area contributed by atoms with E-state index in [1.54, 1.807) is 6.20 Å². The number of imide groups is 1. The van der Waals surface area contributed by atoms with Gasteiger partial charge in [0.1, 0.15) is 5.82 Å². The molecule has 5 nitrogen and oxygen atoms in total. The van der Waals surface area contributed by atoms with E-state index >= 15 is 0 Å². The van der Waals surface area contributed by atoms with Gasteiger partial charge in [-0.3, -0.25) is 14.5 Å². The summed E-state index contributed by atoms with van der Waals surface area (Å²) in [5, 5.41) is 3.11. The highest BCUT2D eigenvalue weighted by molar-refractivity contribution is 6.05. The standard InChI is InChI=1S/C14H19N3O2/c1-4-15-11-7-10(5-6-16-11)9-17-12(18)8-14(2,3)13(17)19/h5-7H,4,8-9H2,1-3H3,(H,15,16). The Bertz CT molecular complexity index is 511. The molecule has 1 fully saturated rings. The highest BCUT2D eigenvalue weighted by Gasteiger charge is 2.44. The van der Waals surface area contributed by atoms with Crippen LogP contribution < -0.4 is 5.32 Å². The van der Waals surface area contributed by atoms with Crippen molar-refractivity contribution in [3.05, 3.63) is 23.9 Å². The number of hydrogen-bond acceptors (Lipinski definition) is 4. The van der Waals surface area contributed by atoms with Gasteiger partial charge >= 0.3 is 0 Å². The zero-order chi connectivity index (χ0) is 14.0. The number of rotatable bonds is 4. The quantitative estimate of drug-likeness (QED) is 0.839. The molecule has 1 aromatic heterocycles. The van der Waals surface area contributed by atoms with Crippen LogP contribution in [0, 0.1) is 5.41 Å². The van der Waals surface area contributed by atoms with Gasteiger partial charge in [-0.1, -0.05) is 13.8 Å². The predicted octanol–water partition coefficient (Wildman–Crippen LogP) is 1.80. The van der Waals surface area contributed by atoms with Crippen LogP contribution in [0.25, 0.3) is 0 Å². The fourth-order valence-electron chi connectivity index (χ4n) is 2.22. The summed E-state index contributed by atoms with van der Waals surface area (Å²) in [6.45, 7) is 6.71. The van der Waals surface area contributed by atoms with Gasteiger partial charge in [0.2, 0.25) is 11.8 Å². The number of nitrogens with one attached hydrogen (secondary N) is 1. The largest absolute Gasteiger partial charge is 0.370 e. The summed E-state index contributed by atoms with van der Waals surface area (Å²) in [6, 6.07) is 3.70. The number of likely N-dealkylation sites (tertiary alicyclic amines) is 1. The van der Waals surface area contributed by atoms with Crippen molar-refractivity contribution in [3.8, 4) is 0 Å². The predicted molar refractivity (Wildman–Crippen MR) is 72.4 cm³/mol. The minimum atomic E-state index is -0.575. The van der Waals surface area contributed by atoms with E-state index < -0.39 is 5.41 Å². The van der Waals surface area contributed by atoms with Crippen molar-refractivity contribution in [2.75, 3.05) is 11.9 Å². The monoisotopic (exact) mass is 261 g/mol. The molecule has 0 atom stereocenters.